The second-order valence-corrected chi connectivity index (χ2v) is 4.64. The van der Waals surface area contributed by atoms with Crippen molar-refractivity contribution >= 4 is 0 Å². The van der Waals surface area contributed by atoms with Gasteiger partial charge in [0.05, 0.1) is 12.6 Å². The molecule has 1 N–H and O–H groups in total. The van der Waals surface area contributed by atoms with Gasteiger partial charge in [-0.05, 0) is 24.6 Å². The summed E-state index contributed by atoms with van der Waals surface area (Å²) in [6.07, 6.45) is 2.57. The summed E-state index contributed by atoms with van der Waals surface area (Å²) < 4.78 is 2.96. The molecule has 1 aromatic heterocycles. The van der Waals surface area contributed by atoms with Crippen molar-refractivity contribution in [2.45, 2.75) is 25.9 Å². The van der Waals surface area contributed by atoms with Gasteiger partial charge in [0.2, 0.25) is 0 Å². The zero-order valence-electron chi connectivity index (χ0n) is 11.6. The Bertz CT molecular complexity index is 582. The molecule has 19 heavy (non-hydrogen) atoms. The fraction of sp³-hybridized carbons (Fsp3) is 0.429. The molecule has 1 aromatic carbocycles. The van der Waals surface area contributed by atoms with Gasteiger partial charge in [0.1, 0.15) is 6.33 Å². The molecule has 2 aromatic rings. The van der Waals surface area contributed by atoms with Crippen LogP contribution in [0.3, 0.4) is 0 Å². The number of benzene rings is 1. The number of hydrogen-bond acceptors (Lipinski definition) is 3. The first-order valence-corrected chi connectivity index (χ1v) is 6.50. The highest BCUT2D eigenvalue weighted by Gasteiger charge is 2.12. The van der Waals surface area contributed by atoms with Crippen molar-refractivity contribution in [2.24, 2.45) is 7.05 Å². The first-order valence-electron chi connectivity index (χ1n) is 6.50. The highest BCUT2D eigenvalue weighted by atomic mass is 16.2. The fourth-order valence-corrected chi connectivity index (χ4v) is 2.07. The van der Waals surface area contributed by atoms with Crippen molar-refractivity contribution in [1.82, 2.24) is 19.7 Å². The minimum Gasteiger partial charge on any atom is -0.311 e. The first-order chi connectivity index (χ1) is 9.15. The minimum absolute atomic E-state index is 0.0820. The van der Waals surface area contributed by atoms with E-state index in [1.165, 1.54) is 21.1 Å². The number of nitrogens with one attached hydrogen (secondary N) is 1. The van der Waals surface area contributed by atoms with Gasteiger partial charge in [0.25, 0.3) is 0 Å². The van der Waals surface area contributed by atoms with Gasteiger partial charge < -0.3 is 5.32 Å². The van der Waals surface area contributed by atoms with Crippen molar-refractivity contribution < 1.29 is 0 Å². The maximum Gasteiger partial charge on any atom is 0.345 e. The van der Waals surface area contributed by atoms with Crippen LogP contribution in [0.1, 0.15) is 24.1 Å². The van der Waals surface area contributed by atoms with Crippen molar-refractivity contribution in [3.63, 3.8) is 0 Å². The van der Waals surface area contributed by atoms with E-state index < -0.39 is 0 Å². The molecule has 1 heterocycles. The molecule has 0 saturated heterocycles. The van der Waals surface area contributed by atoms with Gasteiger partial charge in [0, 0.05) is 7.05 Å². The molecule has 0 aliphatic carbocycles. The summed E-state index contributed by atoms with van der Waals surface area (Å²) in [5.74, 6) is 0. The van der Waals surface area contributed by atoms with Crippen LogP contribution in [-0.4, -0.2) is 21.4 Å². The lowest BCUT2D eigenvalue weighted by atomic mass is 10.0. The van der Waals surface area contributed by atoms with Crippen LogP contribution in [0.5, 0.6) is 0 Å². The molecule has 2 rings (SSSR count). The van der Waals surface area contributed by atoms with Crippen LogP contribution < -0.4 is 11.0 Å². The van der Waals surface area contributed by atoms with Crippen LogP contribution in [0.15, 0.2) is 35.4 Å². The average molecular weight is 260 g/mol. The van der Waals surface area contributed by atoms with Gasteiger partial charge in [-0.1, -0.05) is 31.2 Å². The predicted octanol–water partition coefficient (Wildman–Crippen LogP) is 1.10. The normalized spacial score (nSPS) is 12.6. The van der Waals surface area contributed by atoms with Crippen LogP contribution in [-0.2, 0) is 20.0 Å². The second-order valence-electron chi connectivity index (χ2n) is 4.64. The van der Waals surface area contributed by atoms with E-state index in [0.717, 1.165) is 12.0 Å². The van der Waals surface area contributed by atoms with Gasteiger partial charge in [-0.15, -0.1) is 0 Å². The van der Waals surface area contributed by atoms with Crippen LogP contribution in [0.4, 0.5) is 0 Å². The maximum absolute atomic E-state index is 11.8. The summed E-state index contributed by atoms with van der Waals surface area (Å²) in [6.45, 7) is 2.67. The molecule has 0 radical (unpaired) electrons. The van der Waals surface area contributed by atoms with Crippen molar-refractivity contribution in [3.8, 4) is 0 Å². The van der Waals surface area contributed by atoms with Gasteiger partial charge in [-0.2, -0.15) is 5.10 Å². The van der Waals surface area contributed by atoms with Crippen LogP contribution in [0, 0.1) is 0 Å². The Hall–Kier alpha value is -1.88. The van der Waals surface area contributed by atoms with Crippen molar-refractivity contribution in [3.05, 3.63) is 52.2 Å². The van der Waals surface area contributed by atoms with E-state index >= 15 is 0 Å². The number of hydrogen-bond donors (Lipinski definition) is 1. The summed E-state index contributed by atoms with van der Waals surface area (Å²) in [4.78, 5) is 11.8. The number of aromatic nitrogens is 3. The van der Waals surface area contributed by atoms with Gasteiger partial charge in [-0.3, -0.25) is 4.57 Å². The van der Waals surface area contributed by atoms with Gasteiger partial charge >= 0.3 is 5.69 Å². The van der Waals surface area contributed by atoms with Crippen molar-refractivity contribution in [1.29, 1.82) is 0 Å². The summed E-state index contributed by atoms with van der Waals surface area (Å²) in [5, 5.41) is 7.32. The van der Waals surface area contributed by atoms with E-state index in [1.54, 1.807) is 7.05 Å². The second kappa shape index (κ2) is 5.84. The van der Waals surface area contributed by atoms with Crippen LogP contribution in [0.2, 0.25) is 0 Å². The maximum atomic E-state index is 11.8. The third-order valence-electron chi connectivity index (χ3n) is 3.38. The minimum atomic E-state index is -0.0922. The first kappa shape index (κ1) is 13.5. The van der Waals surface area contributed by atoms with Gasteiger partial charge in [0.15, 0.2) is 0 Å². The Labute approximate surface area is 112 Å². The Morgan fingerprint density at radius 3 is 2.47 bits per heavy atom. The highest BCUT2D eigenvalue weighted by molar-refractivity contribution is 5.24. The molecule has 1 atom stereocenters. The molecule has 0 aliphatic rings. The molecule has 0 fully saturated rings. The summed E-state index contributed by atoms with van der Waals surface area (Å²) in [7, 11) is 3.60. The van der Waals surface area contributed by atoms with Crippen LogP contribution >= 0.6 is 0 Å². The zero-order chi connectivity index (χ0) is 13.8. The van der Waals surface area contributed by atoms with Crippen LogP contribution in [0.25, 0.3) is 0 Å². The lowest BCUT2D eigenvalue weighted by molar-refractivity contribution is 0.455. The predicted molar refractivity (Wildman–Crippen MR) is 75.1 cm³/mol. The number of rotatable bonds is 5. The van der Waals surface area contributed by atoms with E-state index in [4.69, 9.17) is 0 Å². The SMILES string of the molecule is CCc1ccc(C(Cn2ncn(C)c2=O)NC)cc1. The molecule has 0 saturated carbocycles. The summed E-state index contributed by atoms with van der Waals surface area (Å²) >= 11 is 0. The number of aryl methyl sites for hydroxylation is 2. The lowest BCUT2D eigenvalue weighted by Gasteiger charge is -2.16. The molecular formula is C14H20N4O. The molecule has 0 spiro atoms. The fourth-order valence-electron chi connectivity index (χ4n) is 2.07. The Morgan fingerprint density at radius 2 is 2.00 bits per heavy atom. The molecule has 5 heteroatoms. The molecule has 1 unspecified atom stereocenters. The standard InChI is InChI=1S/C14H20N4O/c1-4-11-5-7-12(8-6-11)13(15-2)9-18-14(19)17(3)10-16-18/h5-8,10,13,15H,4,9H2,1-3H3. The molecule has 0 aliphatic heterocycles. The monoisotopic (exact) mass is 260 g/mol. The molecule has 102 valence electrons. The van der Waals surface area contributed by atoms with Crippen molar-refractivity contribution in [2.75, 3.05) is 7.05 Å². The van der Waals surface area contributed by atoms with E-state index in [1.807, 2.05) is 7.05 Å². The quantitative estimate of drug-likeness (QED) is 0.876. The molecule has 0 amide bonds. The Kier molecular flexibility index (Phi) is 4.16. The molecule has 0 bridgehead atoms. The third kappa shape index (κ3) is 2.93. The Morgan fingerprint density at radius 1 is 1.32 bits per heavy atom. The number of likely N-dealkylation sites (N-methyl/N-ethyl adjacent to an activating group) is 1. The average Bonchev–Trinajstić information content (AvgIpc) is 2.76. The molecular weight excluding hydrogens is 240 g/mol. The molecule has 5 nitrogen and oxygen atoms in total. The van der Waals surface area contributed by atoms with Gasteiger partial charge in [-0.25, -0.2) is 9.48 Å². The largest absolute Gasteiger partial charge is 0.345 e. The topological polar surface area (TPSA) is 51.9 Å². The highest BCUT2D eigenvalue weighted by Crippen LogP contribution is 2.15. The summed E-state index contributed by atoms with van der Waals surface area (Å²) in [5.41, 5.74) is 2.39. The number of nitrogens with zero attached hydrogens (tertiary/aromatic N) is 3. The smallest absolute Gasteiger partial charge is 0.311 e. The zero-order valence-corrected chi connectivity index (χ0v) is 11.6. The summed E-state index contributed by atoms with van der Waals surface area (Å²) in [6, 6.07) is 8.54. The third-order valence-corrected chi connectivity index (χ3v) is 3.38. The van der Waals surface area contributed by atoms with E-state index in [2.05, 4.69) is 41.6 Å². The van der Waals surface area contributed by atoms with E-state index in [0.29, 0.717) is 6.54 Å². The Balaban J connectivity index is 2.19. The lowest BCUT2D eigenvalue weighted by Crippen LogP contribution is -2.30. The van der Waals surface area contributed by atoms with E-state index in [-0.39, 0.29) is 11.7 Å². The van der Waals surface area contributed by atoms with E-state index in [9.17, 15) is 4.79 Å².